The van der Waals surface area contributed by atoms with Gasteiger partial charge in [-0.1, -0.05) is 0 Å². The molecule has 0 heterocycles. The first-order valence-corrected chi connectivity index (χ1v) is 4.85. The van der Waals surface area contributed by atoms with E-state index in [-0.39, 0.29) is 5.54 Å². The first-order valence-electron chi connectivity index (χ1n) is 3.64. The van der Waals surface area contributed by atoms with Crippen LogP contribution in [0.4, 0.5) is 0 Å². The fourth-order valence-electron chi connectivity index (χ4n) is 0.454. The Bertz CT molecular complexity index is 80.2. The van der Waals surface area contributed by atoms with Gasteiger partial charge in [0.2, 0.25) is 0 Å². The second-order valence-corrected chi connectivity index (χ2v) is 4.08. The molecule has 60 valence electrons. The van der Waals surface area contributed by atoms with Crippen molar-refractivity contribution >= 4 is 9.68 Å². The summed E-state index contributed by atoms with van der Waals surface area (Å²) in [7, 11) is 0.718. The van der Waals surface area contributed by atoms with Crippen LogP contribution < -0.4 is 4.98 Å². The van der Waals surface area contributed by atoms with Crippen molar-refractivity contribution in [3.8, 4) is 0 Å². The van der Waals surface area contributed by atoms with Crippen molar-refractivity contribution in [3.05, 3.63) is 0 Å². The van der Waals surface area contributed by atoms with Crippen molar-refractivity contribution < 1.29 is 4.74 Å². The summed E-state index contributed by atoms with van der Waals surface area (Å²) < 4.78 is 5.18. The summed E-state index contributed by atoms with van der Waals surface area (Å²) in [5.74, 6) is 0. The molecular weight excluding hydrogens is 142 g/mol. The highest BCUT2D eigenvalue weighted by Crippen LogP contribution is 1.95. The lowest BCUT2D eigenvalue weighted by molar-refractivity contribution is 0.191. The predicted octanol–water partition coefficient (Wildman–Crippen LogP) is 0.988. The van der Waals surface area contributed by atoms with Crippen LogP contribution in [0.5, 0.6) is 0 Å². The van der Waals surface area contributed by atoms with Gasteiger partial charge in [0.05, 0.1) is 6.23 Å². The molecule has 0 unspecified atom stereocenters. The molecule has 0 aromatic rings. The minimum absolute atomic E-state index is 0.232. The second-order valence-electron chi connectivity index (χ2n) is 3.19. The summed E-state index contributed by atoms with van der Waals surface area (Å²) in [6.07, 6.45) is 0.841. The van der Waals surface area contributed by atoms with E-state index in [1.165, 1.54) is 0 Å². The van der Waals surface area contributed by atoms with E-state index in [9.17, 15) is 0 Å². The molecule has 0 amide bonds. The summed E-state index contributed by atoms with van der Waals surface area (Å²) in [5, 5.41) is 0. The smallest absolute Gasteiger partial charge is 0.170 e. The lowest BCUT2D eigenvalue weighted by atomic mass is 10.1. The molecule has 0 aliphatic carbocycles. The van der Waals surface area contributed by atoms with Gasteiger partial charge in [0.25, 0.3) is 0 Å². The van der Waals surface area contributed by atoms with Crippen LogP contribution >= 0.6 is 0 Å². The maximum atomic E-state index is 5.18. The molecule has 3 heteroatoms. The summed E-state index contributed by atoms with van der Waals surface area (Å²) in [5.41, 5.74) is 0.232. The molecule has 0 aliphatic rings. The van der Waals surface area contributed by atoms with Gasteiger partial charge >= 0.3 is 0 Å². The molecule has 0 rings (SSSR count). The van der Waals surface area contributed by atoms with Crippen LogP contribution in [0, 0.1) is 0 Å². The Morgan fingerprint density at radius 1 is 1.40 bits per heavy atom. The average Bonchev–Trinajstić information content (AvgIpc) is 1.78. The lowest BCUT2D eigenvalue weighted by Gasteiger charge is -2.19. The van der Waals surface area contributed by atoms with E-state index in [2.05, 4.69) is 25.8 Å². The van der Waals surface area contributed by atoms with Crippen LogP contribution in [0.1, 0.15) is 27.7 Å². The lowest BCUT2D eigenvalue weighted by Crippen LogP contribution is -2.40. The number of hydrogen-bond donors (Lipinski definition) is 1. The van der Waals surface area contributed by atoms with Crippen LogP contribution in [0.2, 0.25) is 0 Å². The van der Waals surface area contributed by atoms with Gasteiger partial charge in [-0.25, -0.2) is 0 Å². The van der Waals surface area contributed by atoms with Gasteiger partial charge < -0.3 is 9.72 Å². The summed E-state index contributed by atoms with van der Waals surface area (Å²) >= 11 is 0. The molecule has 0 saturated carbocycles. The predicted molar refractivity (Wildman–Crippen MR) is 45.1 cm³/mol. The van der Waals surface area contributed by atoms with E-state index < -0.39 is 0 Å². The van der Waals surface area contributed by atoms with E-state index in [4.69, 9.17) is 4.74 Å². The standard InChI is InChI=1S/C7H17NOSi/c1-5-9-6-10-8-7(2,3)4/h8H,5-6H2,1-4H3. The summed E-state index contributed by atoms with van der Waals surface area (Å²) in [6, 6.07) is 0. The molecule has 1 N–H and O–H groups in total. The molecule has 0 aromatic heterocycles. The Balaban J connectivity index is 3.04. The molecule has 2 nitrogen and oxygen atoms in total. The number of ether oxygens (including phenoxy) is 1. The third kappa shape index (κ3) is 8.14. The number of nitrogens with one attached hydrogen (secondary N) is 1. The average molecular weight is 159 g/mol. The molecule has 0 aliphatic heterocycles. The van der Waals surface area contributed by atoms with Gasteiger partial charge in [-0.15, -0.1) is 0 Å². The maximum Gasteiger partial charge on any atom is 0.170 e. The maximum absolute atomic E-state index is 5.18. The molecule has 0 atom stereocenters. The normalized spacial score (nSPS) is 12.0. The van der Waals surface area contributed by atoms with E-state index >= 15 is 0 Å². The fraction of sp³-hybridized carbons (Fsp3) is 1.00. The van der Waals surface area contributed by atoms with Crippen LogP contribution in [-0.4, -0.2) is 28.1 Å². The van der Waals surface area contributed by atoms with Crippen molar-refractivity contribution in [2.24, 2.45) is 0 Å². The largest absolute Gasteiger partial charge is 0.384 e. The highest BCUT2D eigenvalue weighted by atomic mass is 28.2. The molecule has 0 aromatic carbocycles. The van der Waals surface area contributed by atoms with Crippen LogP contribution in [-0.2, 0) is 4.74 Å². The van der Waals surface area contributed by atoms with Crippen molar-refractivity contribution in [1.29, 1.82) is 0 Å². The number of hydrogen-bond acceptors (Lipinski definition) is 2. The van der Waals surface area contributed by atoms with E-state index in [1.807, 2.05) is 6.92 Å². The zero-order valence-corrected chi connectivity index (χ0v) is 8.32. The Morgan fingerprint density at radius 3 is 2.40 bits per heavy atom. The van der Waals surface area contributed by atoms with Gasteiger partial charge in [0, 0.05) is 12.1 Å². The zero-order valence-electron chi connectivity index (χ0n) is 7.32. The Labute approximate surface area is 66.2 Å². The second kappa shape index (κ2) is 4.88. The topological polar surface area (TPSA) is 21.3 Å². The molecule has 0 bridgehead atoms. The third-order valence-electron chi connectivity index (χ3n) is 0.842. The van der Waals surface area contributed by atoms with Crippen LogP contribution in [0.15, 0.2) is 0 Å². The number of rotatable bonds is 4. The Morgan fingerprint density at radius 2 is 2.00 bits per heavy atom. The van der Waals surface area contributed by atoms with Gasteiger partial charge in [-0.3, -0.25) is 0 Å². The fourth-order valence-corrected chi connectivity index (χ4v) is 1.36. The summed E-state index contributed by atoms with van der Waals surface area (Å²) in [4.78, 5) is 3.36. The van der Waals surface area contributed by atoms with E-state index in [0.717, 1.165) is 22.5 Å². The molecule has 2 radical (unpaired) electrons. The quantitative estimate of drug-likeness (QED) is 0.488. The van der Waals surface area contributed by atoms with Gasteiger partial charge in [0.1, 0.15) is 0 Å². The minimum Gasteiger partial charge on any atom is -0.384 e. The molecular formula is C7H17NOSi. The SMILES string of the molecule is CCOC[Si]NC(C)(C)C. The van der Waals surface area contributed by atoms with Crippen LogP contribution in [0.25, 0.3) is 0 Å². The Kier molecular flexibility index (Phi) is 4.94. The highest BCUT2D eigenvalue weighted by molar-refractivity contribution is 6.32. The Hall–Kier alpha value is 0.137. The van der Waals surface area contributed by atoms with Gasteiger partial charge in [0.15, 0.2) is 9.68 Å². The van der Waals surface area contributed by atoms with E-state index in [1.54, 1.807) is 0 Å². The van der Waals surface area contributed by atoms with Crippen molar-refractivity contribution in [1.82, 2.24) is 4.98 Å². The van der Waals surface area contributed by atoms with Crippen molar-refractivity contribution in [2.45, 2.75) is 33.2 Å². The van der Waals surface area contributed by atoms with Crippen molar-refractivity contribution in [3.63, 3.8) is 0 Å². The first kappa shape index (κ1) is 10.1. The van der Waals surface area contributed by atoms with Crippen LogP contribution in [0.3, 0.4) is 0 Å². The monoisotopic (exact) mass is 159 g/mol. The van der Waals surface area contributed by atoms with Gasteiger partial charge in [-0.05, 0) is 27.7 Å². The molecule has 0 fully saturated rings. The van der Waals surface area contributed by atoms with Crippen molar-refractivity contribution in [2.75, 3.05) is 12.8 Å². The van der Waals surface area contributed by atoms with E-state index in [0.29, 0.717) is 0 Å². The molecule has 0 saturated heterocycles. The first-order chi connectivity index (χ1) is 4.56. The molecule has 0 spiro atoms. The summed E-state index contributed by atoms with van der Waals surface area (Å²) in [6.45, 7) is 9.31. The zero-order chi connectivity index (χ0) is 8.04. The molecule has 10 heavy (non-hydrogen) atoms. The van der Waals surface area contributed by atoms with Gasteiger partial charge in [-0.2, -0.15) is 0 Å². The minimum atomic E-state index is 0.232. The third-order valence-corrected chi connectivity index (χ3v) is 2.12. The highest BCUT2D eigenvalue weighted by Gasteiger charge is 2.07.